The second kappa shape index (κ2) is 5.79. The van der Waals surface area contributed by atoms with E-state index in [0.29, 0.717) is 6.42 Å². The molecule has 0 aliphatic rings. The minimum atomic E-state index is 0.146. The highest BCUT2D eigenvalue weighted by Crippen LogP contribution is 2.16. The molecule has 1 heterocycles. The second-order valence-corrected chi connectivity index (χ2v) is 4.88. The average Bonchev–Trinajstić information content (AvgIpc) is 2.39. The highest BCUT2D eigenvalue weighted by Gasteiger charge is 2.13. The number of carbonyl (C=O) groups excluding carboxylic acids is 1. The van der Waals surface area contributed by atoms with Gasteiger partial charge in [-0.25, -0.2) is 0 Å². The molecule has 0 unspecified atom stereocenters. The van der Waals surface area contributed by atoms with Crippen LogP contribution in [0.2, 0.25) is 0 Å². The normalized spacial score (nSPS) is 10.5. The van der Waals surface area contributed by atoms with Crippen LogP contribution in [0.5, 0.6) is 0 Å². The molecule has 0 aliphatic heterocycles. The van der Waals surface area contributed by atoms with Gasteiger partial charge >= 0.3 is 0 Å². The SMILES string of the molecule is CCc1ccc(CC(=O)c2c(C)cccc2C)nc1. The van der Waals surface area contributed by atoms with Crippen LogP contribution < -0.4 is 0 Å². The van der Waals surface area contributed by atoms with Gasteiger partial charge in [-0.15, -0.1) is 0 Å². The molecule has 2 nitrogen and oxygen atoms in total. The molecule has 0 spiro atoms. The van der Waals surface area contributed by atoms with Crippen molar-refractivity contribution in [1.29, 1.82) is 0 Å². The third kappa shape index (κ3) is 3.08. The number of nitrogens with zero attached hydrogens (tertiary/aromatic N) is 1. The van der Waals surface area contributed by atoms with Crippen LogP contribution in [0, 0.1) is 13.8 Å². The quantitative estimate of drug-likeness (QED) is 0.778. The molecule has 1 aromatic heterocycles. The van der Waals surface area contributed by atoms with Gasteiger partial charge in [-0.1, -0.05) is 31.2 Å². The molecule has 0 amide bonds. The van der Waals surface area contributed by atoms with E-state index in [2.05, 4.69) is 11.9 Å². The molecular weight excluding hydrogens is 234 g/mol. The van der Waals surface area contributed by atoms with Crippen molar-refractivity contribution in [3.63, 3.8) is 0 Å². The highest BCUT2D eigenvalue weighted by atomic mass is 16.1. The Labute approximate surface area is 114 Å². The summed E-state index contributed by atoms with van der Waals surface area (Å²) in [5.41, 5.74) is 4.95. The lowest BCUT2D eigenvalue weighted by Gasteiger charge is -2.08. The number of hydrogen-bond acceptors (Lipinski definition) is 2. The van der Waals surface area contributed by atoms with Gasteiger partial charge in [0.1, 0.15) is 0 Å². The molecule has 0 fully saturated rings. The van der Waals surface area contributed by atoms with Gasteiger partial charge in [0, 0.05) is 17.5 Å². The molecule has 0 saturated carbocycles. The zero-order valence-electron chi connectivity index (χ0n) is 11.7. The number of carbonyl (C=O) groups is 1. The summed E-state index contributed by atoms with van der Waals surface area (Å²) in [5, 5.41) is 0. The van der Waals surface area contributed by atoms with Crippen molar-refractivity contribution in [1.82, 2.24) is 4.98 Å². The number of benzene rings is 1. The molecule has 19 heavy (non-hydrogen) atoms. The monoisotopic (exact) mass is 253 g/mol. The van der Waals surface area contributed by atoms with Crippen LogP contribution >= 0.6 is 0 Å². The van der Waals surface area contributed by atoms with Gasteiger partial charge in [0.25, 0.3) is 0 Å². The lowest BCUT2D eigenvalue weighted by Crippen LogP contribution is -2.09. The van der Waals surface area contributed by atoms with Crippen molar-refractivity contribution >= 4 is 5.78 Å². The molecule has 0 atom stereocenters. The Hall–Kier alpha value is -1.96. The van der Waals surface area contributed by atoms with Crippen LogP contribution in [0.1, 0.15) is 39.7 Å². The number of aromatic nitrogens is 1. The van der Waals surface area contributed by atoms with Crippen molar-refractivity contribution in [3.05, 3.63) is 64.5 Å². The molecule has 2 rings (SSSR count). The van der Waals surface area contributed by atoms with E-state index >= 15 is 0 Å². The Morgan fingerprint density at radius 2 is 1.79 bits per heavy atom. The number of rotatable bonds is 4. The summed E-state index contributed by atoms with van der Waals surface area (Å²) in [6, 6.07) is 9.93. The maximum atomic E-state index is 12.4. The third-order valence-electron chi connectivity index (χ3n) is 3.40. The van der Waals surface area contributed by atoms with E-state index in [0.717, 1.165) is 28.8 Å². The standard InChI is InChI=1S/C17H19NO/c1-4-14-8-9-15(18-11-14)10-16(19)17-12(2)6-5-7-13(17)3/h5-9,11H,4,10H2,1-3H3. The first-order valence-corrected chi connectivity index (χ1v) is 6.65. The smallest absolute Gasteiger partial charge is 0.169 e. The Balaban J connectivity index is 2.21. The van der Waals surface area contributed by atoms with Crippen LogP contribution in [0.4, 0.5) is 0 Å². The third-order valence-corrected chi connectivity index (χ3v) is 3.40. The number of hydrogen-bond donors (Lipinski definition) is 0. The molecule has 2 aromatic rings. The highest BCUT2D eigenvalue weighted by molar-refractivity contribution is 5.99. The molecular formula is C17H19NO. The van der Waals surface area contributed by atoms with Crippen LogP contribution in [-0.2, 0) is 12.8 Å². The molecule has 2 heteroatoms. The number of ketones is 1. The first-order chi connectivity index (χ1) is 9.11. The van der Waals surface area contributed by atoms with E-state index in [1.165, 1.54) is 5.56 Å². The Morgan fingerprint density at radius 1 is 1.11 bits per heavy atom. The summed E-state index contributed by atoms with van der Waals surface area (Å²) >= 11 is 0. The van der Waals surface area contributed by atoms with Gasteiger partial charge in [-0.05, 0) is 43.0 Å². The lowest BCUT2D eigenvalue weighted by molar-refractivity contribution is 0.0991. The van der Waals surface area contributed by atoms with E-state index in [9.17, 15) is 4.79 Å². The predicted octanol–water partition coefficient (Wildman–Crippen LogP) is 3.69. The van der Waals surface area contributed by atoms with E-state index in [4.69, 9.17) is 0 Å². The molecule has 0 radical (unpaired) electrons. The summed E-state index contributed by atoms with van der Waals surface area (Å²) in [6.07, 6.45) is 3.20. The molecule has 0 bridgehead atoms. The summed E-state index contributed by atoms with van der Waals surface area (Å²) in [4.78, 5) is 16.7. The lowest BCUT2D eigenvalue weighted by atomic mass is 9.96. The average molecular weight is 253 g/mol. The van der Waals surface area contributed by atoms with E-state index in [1.807, 2.05) is 50.4 Å². The maximum Gasteiger partial charge on any atom is 0.169 e. The fourth-order valence-electron chi connectivity index (χ4n) is 2.28. The van der Waals surface area contributed by atoms with Gasteiger partial charge < -0.3 is 0 Å². The number of Topliss-reactive ketones (excluding diaryl/α,β-unsaturated/α-hetero) is 1. The van der Waals surface area contributed by atoms with Gasteiger partial charge in [-0.3, -0.25) is 9.78 Å². The molecule has 0 aliphatic carbocycles. The van der Waals surface area contributed by atoms with Gasteiger partial charge in [0.15, 0.2) is 5.78 Å². The first kappa shape index (κ1) is 13.5. The largest absolute Gasteiger partial charge is 0.294 e. The zero-order chi connectivity index (χ0) is 13.8. The Kier molecular flexibility index (Phi) is 4.10. The summed E-state index contributed by atoms with van der Waals surface area (Å²) < 4.78 is 0. The summed E-state index contributed by atoms with van der Waals surface area (Å²) in [6.45, 7) is 6.06. The van der Waals surface area contributed by atoms with E-state index in [1.54, 1.807) is 0 Å². The van der Waals surface area contributed by atoms with Crippen LogP contribution in [-0.4, -0.2) is 10.8 Å². The van der Waals surface area contributed by atoms with Crippen molar-refractivity contribution in [2.24, 2.45) is 0 Å². The fraction of sp³-hybridized carbons (Fsp3) is 0.294. The summed E-state index contributed by atoms with van der Waals surface area (Å²) in [7, 11) is 0. The second-order valence-electron chi connectivity index (χ2n) is 4.88. The van der Waals surface area contributed by atoms with Gasteiger partial charge in [0.2, 0.25) is 0 Å². The molecule has 98 valence electrons. The summed E-state index contributed by atoms with van der Waals surface area (Å²) in [5.74, 6) is 0.146. The number of pyridine rings is 1. The van der Waals surface area contributed by atoms with Crippen molar-refractivity contribution < 1.29 is 4.79 Å². The maximum absolute atomic E-state index is 12.4. The first-order valence-electron chi connectivity index (χ1n) is 6.65. The van der Waals surface area contributed by atoms with Crippen molar-refractivity contribution in [2.45, 2.75) is 33.6 Å². The number of aryl methyl sites for hydroxylation is 3. The topological polar surface area (TPSA) is 30.0 Å². The van der Waals surface area contributed by atoms with Crippen molar-refractivity contribution in [2.75, 3.05) is 0 Å². The minimum absolute atomic E-state index is 0.146. The Morgan fingerprint density at radius 3 is 2.32 bits per heavy atom. The van der Waals surface area contributed by atoms with E-state index in [-0.39, 0.29) is 5.78 Å². The predicted molar refractivity (Wildman–Crippen MR) is 77.6 cm³/mol. The van der Waals surface area contributed by atoms with Crippen LogP contribution in [0.25, 0.3) is 0 Å². The van der Waals surface area contributed by atoms with Crippen molar-refractivity contribution in [3.8, 4) is 0 Å². The van der Waals surface area contributed by atoms with E-state index < -0.39 is 0 Å². The molecule has 1 aromatic carbocycles. The zero-order valence-corrected chi connectivity index (χ0v) is 11.7. The Bertz CT molecular complexity index is 564. The van der Waals surface area contributed by atoms with Gasteiger partial charge in [0.05, 0.1) is 6.42 Å². The molecule has 0 saturated heterocycles. The minimum Gasteiger partial charge on any atom is -0.294 e. The fourth-order valence-corrected chi connectivity index (χ4v) is 2.28. The molecule has 0 N–H and O–H groups in total. The van der Waals surface area contributed by atoms with Gasteiger partial charge in [-0.2, -0.15) is 0 Å². The van der Waals surface area contributed by atoms with Crippen LogP contribution in [0.15, 0.2) is 36.5 Å². The van der Waals surface area contributed by atoms with Crippen LogP contribution in [0.3, 0.4) is 0 Å².